The molecule has 3 nitrogen and oxygen atoms in total. The topological polar surface area (TPSA) is 38.3 Å². The van der Waals surface area contributed by atoms with Gasteiger partial charge in [-0.1, -0.05) is 28.1 Å². The molecule has 2 aromatic carbocycles. The number of nitrogens with one attached hydrogen (secondary N) is 1. The van der Waals surface area contributed by atoms with E-state index in [1.54, 1.807) is 14.0 Å². The van der Waals surface area contributed by atoms with Crippen molar-refractivity contribution in [3.8, 4) is 5.75 Å². The van der Waals surface area contributed by atoms with Gasteiger partial charge in [-0.2, -0.15) is 0 Å². The van der Waals surface area contributed by atoms with Gasteiger partial charge in [0.25, 0.3) is 0 Å². The number of Topliss-reactive ketones (excluding diaryl/α,β-unsaturated/α-hetero) is 1. The number of benzene rings is 2. The number of anilines is 1. The van der Waals surface area contributed by atoms with Gasteiger partial charge >= 0.3 is 0 Å². The minimum Gasteiger partial charge on any atom is -0.496 e. The first kappa shape index (κ1) is 16.4. The minimum absolute atomic E-state index is 0.108. The molecule has 25 heavy (non-hydrogen) atoms. The van der Waals surface area contributed by atoms with Crippen molar-refractivity contribution in [2.24, 2.45) is 5.92 Å². The van der Waals surface area contributed by atoms with Crippen LogP contribution < -0.4 is 10.1 Å². The van der Waals surface area contributed by atoms with Crippen molar-refractivity contribution in [1.29, 1.82) is 0 Å². The van der Waals surface area contributed by atoms with E-state index in [2.05, 4.69) is 39.5 Å². The molecule has 2 aromatic rings. The molecule has 1 aliphatic heterocycles. The number of hydrogen-bond acceptors (Lipinski definition) is 3. The molecule has 0 saturated carbocycles. The van der Waals surface area contributed by atoms with Crippen molar-refractivity contribution >= 4 is 27.4 Å². The third-order valence-corrected chi connectivity index (χ3v) is 5.79. The highest BCUT2D eigenvalue weighted by Gasteiger charge is 2.39. The largest absolute Gasteiger partial charge is 0.496 e. The number of carbonyl (C=O) groups is 1. The number of rotatable bonds is 3. The van der Waals surface area contributed by atoms with E-state index >= 15 is 0 Å². The van der Waals surface area contributed by atoms with Gasteiger partial charge in [-0.05, 0) is 61.2 Å². The Morgan fingerprint density at radius 3 is 2.80 bits per heavy atom. The maximum Gasteiger partial charge on any atom is 0.159 e. The van der Waals surface area contributed by atoms with Crippen LogP contribution in [0, 0.1) is 5.92 Å². The molecule has 0 amide bonds. The first-order valence-corrected chi connectivity index (χ1v) is 9.29. The Kier molecular flexibility index (Phi) is 4.16. The standard InChI is InChI=1S/C21H20BrNO2/c1-12(24)13-6-8-19-17(10-13)15-4-3-5-16(15)21(23-19)18-11-14(22)7-9-20(18)25-2/h3-4,6-11,15-16,21,23H,5H2,1-2H3/t15-,16+,21+/m0/s1. The molecule has 0 bridgehead atoms. The third kappa shape index (κ3) is 2.78. The van der Waals surface area contributed by atoms with Gasteiger partial charge in [-0.3, -0.25) is 4.79 Å². The lowest BCUT2D eigenvalue weighted by atomic mass is 9.76. The van der Waals surface area contributed by atoms with Crippen LogP contribution in [-0.2, 0) is 0 Å². The number of ketones is 1. The summed E-state index contributed by atoms with van der Waals surface area (Å²) in [5, 5.41) is 3.70. The molecule has 0 unspecified atom stereocenters. The normalized spacial score (nSPS) is 23.6. The molecule has 128 valence electrons. The van der Waals surface area contributed by atoms with Gasteiger partial charge in [0.1, 0.15) is 5.75 Å². The Bertz CT molecular complexity index is 874. The van der Waals surface area contributed by atoms with Crippen LogP contribution in [0.5, 0.6) is 5.75 Å². The quantitative estimate of drug-likeness (QED) is 0.549. The summed E-state index contributed by atoms with van der Waals surface area (Å²) < 4.78 is 6.66. The molecule has 1 heterocycles. The average molecular weight is 398 g/mol. The molecule has 0 spiro atoms. The molecule has 3 atom stereocenters. The fraction of sp³-hybridized carbons (Fsp3) is 0.286. The van der Waals surface area contributed by atoms with Crippen LogP contribution >= 0.6 is 15.9 Å². The molecule has 1 aliphatic carbocycles. The van der Waals surface area contributed by atoms with Gasteiger partial charge in [0, 0.05) is 27.2 Å². The summed E-state index contributed by atoms with van der Waals surface area (Å²) in [4.78, 5) is 11.8. The lowest BCUT2D eigenvalue weighted by Crippen LogP contribution is -2.29. The van der Waals surface area contributed by atoms with Crippen molar-refractivity contribution in [3.63, 3.8) is 0 Å². The maximum atomic E-state index is 11.8. The zero-order chi connectivity index (χ0) is 17.6. The van der Waals surface area contributed by atoms with Crippen LogP contribution in [0.25, 0.3) is 0 Å². The molecule has 1 N–H and O–H groups in total. The predicted molar refractivity (Wildman–Crippen MR) is 103 cm³/mol. The first-order valence-electron chi connectivity index (χ1n) is 8.50. The molecule has 0 radical (unpaired) electrons. The fourth-order valence-corrected chi connectivity index (χ4v) is 4.45. The van der Waals surface area contributed by atoms with E-state index < -0.39 is 0 Å². The van der Waals surface area contributed by atoms with E-state index in [0.29, 0.717) is 11.8 Å². The van der Waals surface area contributed by atoms with Gasteiger partial charge in [0.2, 0.25) is 0 Å². The summed E-state index contributed by atoms with van der Waals surface area (Å²) in [5.74, 6) is 1.74. The van der Waals surface area contributed by atoms with Crippen molar-refractivity contribution in [1.82, 2.24) is 0 Å². The number of allylic oxidation sites excluding steroid dienone is 2. The van der Waals surface area contributed by atoms with Crippen LogP contribution in [0.1, 0.15) is 46.8 Å². The number of carbonyl (C=O) groups excluding carboxylic acids is 1. The molecule has 0 saturated heterocycles. The van der Waals surface area contributed by atoms with Crippen molar-refractivity contribution in [2.75, 3.05) is 12.4 Å². The average Bonchev–Trinajstić information content (AvgIpc) is 3.10. The summed E-state index contributed by atoms with van der Waals surface area (Å²) in [6.07, 6.45) is 5.55. The zero-order valence-electron chi connectivity index (χ0n) is 14.3. The molecular weight excluding hydrogens is 378 g/mol. The van der Waals surface area contributed by atoms with E-state index in [1.165, 1.54) is 5.56 Å². The Labute approximate surface area is 156 Å². The van der Waals surface area contributed by atoms with Crippen LogP contribution in [-0.4, -0.2) is 12.9 Å². The highest BCUT2D eigenvalue weighted by molar-refractivity contribution is 9.10. The minimum atomic E-state index is 0.108. The summed E-state index contributed by atoms with van der Waals surface area (Å²) in [7, 11) is 1.72. The lowest BCUT2D eigenvalue weighted by Gasteiger charge is -2.38. The molecule has 2 aliphatic rings. The summed E-state index contributed by atoms with van der Waals surface area (Å²) in [5.41, 5.74) is 4.26. The third-order valence-electron chi connectivity index (χ3n) is 5.30. The second-order valence-corrected chi connectivity index (χ2v) is 7.64. The van der Waals surface area contributed by atoms with Crippen molar-refractivity contribution < 1.29 is 9.53 Å². The maximum absolute atomic E-state index is 11.8. The predicted octanol–water partition coefficient (Wildman–Crippen LogP) is 5.49. The van der Waals surface area contributed by atoms with E-state index in [4.69, 9.17) is 4.74 Å². The van der Waals surface area contributed by atoms with E-state index in [0.717, 1.165) is 33.5 Å². The number of fused-ring (bicyclic) bond motifs is 3. The molecular formula is C21H20BrNO2. The van der Waals surface area contributed by atoms with E-state index in [9.17, 15) is 4.79 Å². The van der Waals surface area contributed by atoms with Gasteiger partial charge < -0.3 is 10.1 Å². The number of hydrogen-bond donors (Lipinski definition) is 1. The highest BCUT2D eigenvalue weighted by atomic mass is 79.9. The summed E-state index contributed by atoms with van der Waals surface area (Å²) in [6.45, 7) is 1.62. The Morgan fingerprint density at radius 1 is 1.20 bits per heavy atom. The van der Waals surface area contributed by atoms with Crippen LogP contribution in [0.3, 0.4) is 0 Å². The smallest absolute Gasteiger partial charge is 0.159 e. The second kappa shape index (κ2) is 6.34. The molecule has 0 aromatic heterocycles. The van der Waals surface area contributed by atoms with Gasteiger partial charge in [0.15, 0.2) is 5.78 Å². The second-order valence-electron chi connectivity index (χ2n) is 6.72. The van der Waals surface area contributed by atoms with Crippen molar-refractivity contribution in [2.45, 2.75) is 25.3 Å². The first-order chi connectivity index (χ1) is 12.1. The number of methoxy groups -OCH3 is 1. The highest BCUT2D eigenvalue weighted by Crippen LogP contribution is 2.51. The number of halogens is 1. The number of ether oxygens (including phenoxy) is 1. The SMILES string of the molecule is COc1ccc(Br)cc1[C@@H]1Nc2ccc(C(C)=O)cc2[C@H]2C=CC[C@H]21. The van der Waals surface area contributed by atoms with Crippen LogP contribution in [0.15, 0.2) is 53.0 Å². The summed E-state index contributed by atoms with van der Waals surface area (Å²) >= 11 is 3.59. The Balaban J connectivity index is 1.81. The van der Waals surface area contributed by atoms with Gasteiger partial charge in [-0.15, -0.1) is 0 Å². The van der Waals surface area contributed by atoms with Crippen LogP contribution in [0.2, 0.25) is 0 Å². The van der Waals surface area contributed by atoms with Crippen molar-refractivity contribution in [3.05, 3.63) is 69.7 Å². The van der Waals surface area contributed by atoms with Gasteiger partial charge in [0.05, 0.1) is 13.2 Å². The molecule has 0 fully saturated rings. The van der Waals surface area contributed by atoms with E-state index in [-0.39, 0.29) is 11.8 Å². The zero-order valence-corrected chi connectivity index (χ0v) is 15.8. The Morgan fingerprint density at radius 2 is 2.04 bits per heavy atom. The monoisotopic (exact) mass is 397 g/mol. The lowest BCUT2D eigenvalue weighted by molar-refractivity contribution is 0.101. The molecule has 4 heteroatoms. The van der Waals surface area contributed by atoms with Crippen LogP contribution in [0.4, 0.5) is 5.69 Å². The van der Waals surface area contributed by atoms with E-state index in [1.807, 2.05) is 30.3 Å². The Hall–Kier alpha value is -2.07. The molecule has 4 rings (SSSR count). The fourth-order valence-electron chi connectivity index (χ4n) is 4.07. The summed E-state index contributed by atoms with van der Waals surface area (Å²) in [6, 6.07) is 12.3. The van der Waals surface area contributed by atoms with Gasteiger partial charge in [-0.25, -0.2) is 0 Å².